The minimum Gasteiger partial charge on any atom is -0.465 e. The van der Waals surface area contributed by atoms with Gasteiger partial charge >= 0.3 is 5.97 Å². The number of anilines is 2. The molecule has 3 rings (SSSR count). The van der Waals surface area contributed by atoms with E-state index in [9.17, 15) is 19.2 Å². The van der Waals surface area contributed by atoms with E-state index in [2.05, 4.69) is 26.0 Å². The molecule has 1 fully saturated rings. The van der Waals surface area contributed by atoms with E-state index in [1.807, 2.05) is 6.07 Å². The average Bonchev–Trinajstić information content (AvgIpc) is 2.99. The summed E-state index contributed by atoms with van der Waals surface area (Å²) >= 11 is 4.46. The fourth-order valence-corrected chi connectivity index (χ4v) is 4.14. The van der Waals surface area contributed by atoms with Crippen LogP contribution in [0.15, 0.2) is 53.0 Å². The van der Waals surface area contributed by atoms with Gasteiger partial charge < -0.3 is 10.1 Å². The number of benzene rings is 2. The fourth-order valence-electron chi connectivity index (χ4n) is 2.81. The van der Waals surface area contributed by atoms with E-state index < -0.39 is 11.2 Å². The van der Waals surface area contributed by atoms with Gasteiger partial charge in [-0.15, -0.1) is 11.8 Å². The van der Waals surface area contributed by atoms with Crippen LogP contribution in [0.3, 0.4) is 0 Å². The number of thioether (sulfide) groups is 1. The van der Waals surface area contributed by atoms with Crippen molar-refractivity contribution in [2.75, 3.05) is 23.1 Å². The summed E-state index contributed by atoms with van der Waals surface area (Å²) in [6.07, 6.45) is 0.0203. The quantitative estimate of drug-likeness (QED) is 0.508. The summed E-state index contributed by atoms with van der Waals surface area (Å²) in [7, 11) is 1.28. The molecule has 7 nitrogen and oxygen atoms in total. The number of halogens is 1. The molecule has 29 heavy (non-hydrogen) atoms. The van der Waals surface area contributed by atoms with E-state index in [0.717, 1.165) is 21.1 Å². The van der Waals surface area contributed by atoms with Crippen LogP contribution in [0.2, 0.25) is 0 Å². The first-order valence-corrected chi connectivity index (χ1v) is 10.5. The third kappa shape index (κ3) is 5.04. The van der Waals surface area contributed by atoms with Crippen molar-refractivity contribution in [2.45, 2.75) is 11.7 Å². The third-order valence-electron chi connectivity index (χ3n) is 4.18. The number of carbonyl (C=O) groups is 4. The molecule has 1 aliphatic heterocycles. The smallest absolute Gasteiger partial charge is 0.337 e. The first-order chi connectivity index (χ1) is 13.9. The molecule has 0 radical (unpaired) electrons. The van der Waals surface area contributed by atoms with E-state index in [4.69, 9.17) is 0 Å². The van der Waals surface area contributed by atoms with Gasteiger partial charge in [0.2, 0.25) is 17.7 Å². The summed E-state index contributed by atoms with van der Waals surface area (Å²) in [5.74, 6) is -1.42. The summed E-state index contributed by atoms with van der Waals surface area (Å²) < 4.78 is 5.48. The second kappa shape index (κ2) is 9.23. The number of esters is 1. The van der Waals surface area contributed by atoms with Crippen LogP contribution >= 0.6 is 27.7 Å². The van der Waals surface area contributed by atoms with Crippen LogP contribution in [0.25, 0.3) is 0 Å². The van der Waals surface area contributed by atoms with Gasteiger partial charge in [0.1, 0.15) is 0 Å². The maximum atomic E-state index is 12.7. The molecule has 150 valence electrons. The SMILES string of the molecule is COC(=O)c1ccc(N2C(=O)C[C@@H](SCC(=O)Nc3cccc(Br)c3)C2=O)cc1. The average molecular weight is 477 g/mol. The highest BCUT2D eigenvalue weighted by Crippen LogP contribution is 2.30. The predicted molar refractivity (Wildman–Crippen MR) is 114 cm³/mol. The first-order valence-electron chi connectivity index (χ1n) is 8.61. The Morgan fingerprint density at radius 1 is 1.21 bits per heavy atom. The molecular formula is C20H17BrN2O5S. The van der Waals surface area contributed by atoms with Crippen LogP contribution in [-0.4, -0.2) is 41.8 Å². The lowest BCUT2D eigenvalue weighted by atomic mass is 10.2. The van der Waals surface area contributed by atoms with Gasteiger partial charge in [-0.3, -0.25) is 14.4 Å². The molecule has 0 aliphatic carbocycles. The Kier molecular flexibility index (Phi) is 6.71. The number of carbonyl (C=O) groups excluding carboxylic acids is 4. The van der Waals surface area contributed by atoms with Crippen molar-refractivity contribution in [1.29, 1.82) is 0 Å². The van der Waals surface area contributed by atoms with Gasteiger partial charge in [-0.1, -0.05) is 22.0 Å². The van der Waals surface area contributed by atoms with Crippen LogP contribution in [0.1, 0.15) is 16.8 Å². The molecule has 1 aliphatic rings. The van der Waals surface area contributed by atoms with Gasteiger partial charge in [0.25, 0.3) is 0 Å². The summed E-state index contributed by atoms with van der Waals surface area (Å²) in [5.41, 5.74) is 1.35. The zero-order chi connectivity index (χ0) is 21.0. The van der Waals surface area contributed by atoms with E-state index in [1.165, 1.54) is 31.4 Å². The van der Waals surface area contributed by atoms with Crippen LogP contribution in [0.4, 0.5) is 11.4 Å². The molecule has 2 aromatic carbocycles. The number of nitrogens with zero attached hydrogens (tertiary/aromatic N) is 1. The largest absolute Gasteiger partial charge is 0.465 e. The highest BCUT2D eigenvalue weighted by molar-refractivity contribution is 9.10. The number of nitrogens with one attached hydrogen (secondary N) is 1. The first kappa shape index (κ1) is 21.1. The zero-order valence-electron chi connectivity index (χ0n) is 15.4. The fraction of sp³-hybridized carbons (Fsp3) is 0.200. The molecule has 3 amide bonds. The van der Waals surface area contributed by atoms with Gasteiger partial charge in [-0.25, -0.2) is 9.69 Å². The lowest BCUT2D eigenvalue weighted by Crippen LogP contribution is -2.31. The zero-order valence-corrected chi connectivity index (χ0v) is 17.8. The highest BCUT2D eigenvalue weighted by Gasteiger charge is 2.40. The Balaban J connectivity index is 1.60. The molecule has 0 spiro atoms. The third-order valence-corrected chi connectivity index (χ3v) is 5.87. The Labute approximate surface area is 179 Å². The van der Waals surface area contributed by atoms with Gasteiger partial charge in [0.15, 0.2) is 0 Å². The Bertz CT molecular complexity index is 964. The van der Waals surface area contributed by atoms with Crippen LogP contribution in [0.5, 0.6) is 0 Å². The molecular weight excluding hydrogens is 460 g/mol. The van der Waals surface area contributed by atoms with Crippen molar-refractivity contribution < 1.29 is 23.9 Å². The van der Waals surface area contributed by atoms with Gasteiger partial charge in [0, 0.05) is 16.6 Å². The predicted octanol–water partition coefficient (Wildman–Crippen LogP) is 3.24. The number of methoxy groups -OCH3 is 1. The maximum Gasteiger partial charge on any atom is 0.337 e. The van der Waals surface area contributed by atoms with Crippen molar-refractivity contribution in [3.8, 4) is 0 Å². The number of hydrogen-bond donors (Lipinski definition) is 1. The van der Waals surface area contributed by atoms with Gasteiger partial charge in [-0.2, -0.15) is 0 Å². The Morgan fingerprint density at radius 3 is 2.59 bits per heavy atom. The summed E-state index contributed by atoms with van der Waals surface area (Å²) in [6.45, 7) is 0. The summed E-state index contributed by atoms with van der Waals surface area (Å²) in [5, 5.41) is 2.13. The molecule has 0 unspecified atom stereocenters. The number of rotatable bonds is 6. The lowest BCUT2D eigenvalue weighted by molar-refractivity contribution is -0.121. The topological polar surface area (TPSA) is 92.8 Å². The Hall–Kier alpha value is -2.65. The second-order valence-electron chi connectivity index (χ2n) is 6.17. The maximum absolute atomic E-state index is 12.7. The molecule has 1 N–H and O–H groups in total. The normalized spacial score (nSPS) is 16.1. The van der Waals surface area contributed by atoms with E-state index >= 15 is 0 Å². The molecule has 1 saturated heterocycles. The number of amides is 3. The van der Waals surface area contributed by atoms with Crippen molar-refractivity contribution >= 4 is 62.8 Å². The molecule has 1 atom stereocenters. The second-order valence-corrected chi connectivity index (χ2v) is 8.27. The van der Waals surface area contributed by atoms with Crippen LogP contribution in [0, 0.1) is 0 Å². The van der Waals surface area contributed by atoms with Crippen molar-refractivity contribution in [1.82, 2.24) is 0 Å². The molecule has 2 aromatic rings. The van der Waals surface area contributed by atoms with Gasteiger partial charge in [-0.05, 0) is 42.5 Å². The molecule has 0 bridgehead atoms. The van der Waals surface area contributed by atoms with Crippen molar-refractivity contribution in [2.24, 2.45) is 0 Å². The summed E-state index contributed by atoms with van der Waals surface area (Å²) in [6, 6.07) is 13.2. The number of imide groups is 1. The minimum absolute atomic E-state index is 0.0203. The highest BCUT2D eigenvalue weighted by atomic mass is 79.9. The van der Waals surface area contributed by atoms with Crippen molar-refractivity contribution in [3.63, 3.8) is 0 Å². The van der Waals surface area contributed by atoms with Crippen LogP contribution in [-0.2, 0) is 19.1 Å². The number of ether oxygens (including phenoxy) is 1. The van der Waals surface area contributed by atoms with Crippen LogP contribution < -0.4 is 10.2 Å². The van der Waals surface area contributed by atoms with E-state index in [0.29, 0.717) is 16.9 Å². The summed E-state index contributed by atoms with van der Waals surface area (Å²) in [4.78, 5) is 49.7. The monoisotopic (exact) mass is 476 g/mol. The number of hydrogen-bond acceptors (Lipinski definition) is 6. The molecule has 0 saturated carbocycles. The lowest BCUT2D eigenvalue weighted by Gasteiger charge is -2.15. The molecule has 0 aromatic heterocycles. The van der Waals surface area contributed by atoms with Crippen molar-refractivity contribution in [3.05, 3.63) is 58.6 Å². The van der Waals surface area contributed by atoms with Gasteiger partial charge in [0.05, 0.1) is 29.4 Å². The minimum atomic E-state index is -0.629. The molecule has 9 heteroatoms. The molecule has 1 heterocycles. The van der Waals surface area contributed by atoms with E-state index in [-0.39, 0.29) is 29.9 Å². The Morgan fingerprint density at radius 2 is 1.93 bits per heavy atom. The standard InChI is InChI=1S/C20H17BrN2O5S/c1-28-20(27)12-5-7-15(8-6-12)23-18(25)10-16(19(23)26)29-11-17(24)22-14-4-2-3-13(21)9-14/h2-9,16H,10-11H2,1H3,(H,22,24)/t16-/m1/s1. The van der Waals surface area contributed by atoms with E-state index in [1.54, 1.807) is 18.2 Å².